The minimum absolute atomic E-state index is 0.250. The standard InChI is InChI=1S/C27H36ClN6O4P/c1-7-25(35)30-18-9-12-23(37-4)22(15-18)32-27-29-17-20(28)26(33-27)31-21-11-10-19(16-24(21)39(5,6)36)38-14-8-13-34(2)3/h7,9-12,15-17,25,30,35H,1,8,13-14H2,2-6H3,(H2,29,31,32,33). The van der Waals surface area contributed by atoms with E-state index in [0.717, 1.165) is 13.0 Å². The molecule has 0 aliphatic carbocycles. The number of benzene rings is 2. The number of ether oxygens (including phenoxy) is 2. The Morgan fingerprint density at radius 2 is 1.95 bits per heavy atom. The fourth-order valence-corrected chi connectivity index (χ4v) is 4.90. The topological polar surface area (TPSA) is 121 Å². The minimum atomic E-state index is -2.69. The second-order valence-corrected chi connectivity index (χ2v) is 13.0. The number of halogens is 1. The van der Waals surface area contributed by atoms with Gasteiger partial charge in [-0.3, -0.25) is 0 Å². The highest BCUT2D eigenvalue weighted by molar-refractivity contribution is 7.70. The van der Waals surface area contributed by atoms with Gasteiger partial charge in [0, 0.05) is 17.5 Å². The summed E-state index contributed by atoms with van der Waals surface area (Å²) in [5, 5.41) is 20.0. The summed E-state index contributed by atoms with van der Waals surface area (Å²) in [7, 11) is 2.89. The number of aliphatic hydroxyl groups excluding tert-OH is 1. The van der Waals surface area contributed by atoms with Gasteiger partial charge in [-0.2, -0.15) is 4.98 Å². The van der Waals surface area contributed by atoms with E-state index in [1.807, 2.05) is 26.2 Å². The summed E-state index contributed by atoms with van der Waals surface area (Å²) < 4.78 is 24.5. The van der Waals surface area contributed by atoms with Crippen LogP contribution in [-0.4, -0.2) is 73.9 Å². The van der Waals surface area contributed by atoms with E-state index in [1.54, 1.807) is 44.7 Å². The summed E-state index contributed by atoms with van der Waals surface area (Å²) in [6, 6.07) is 10.7. The van der Waals surface area contributed by atoms with Gasteiger partial charge in [-0.25, -0.2) is 4.98 Å². The average Bonchev–Trinajstić information content (AvgIpc) is 2.88. The Balaban J connectivity index is 1.85. The van der Waals surface area contributed by atoms with Gasteiger partial charge in [-0.1, -0.05) is 18.2 Å². The summed E-state index contributed by atoms with van der Waals surface area (Å²) in [6.45, 7) is 8.44. The number of nitrogens with zero attached hydrogens (tertiary/aromatic N) is 3. The Kier molecular flexibility index (Phi) is 10.6. The third-order valence-electron chi connectivity index (χ3n) is 5.55. The van der Waals surface area contributed by atoms with E-state index in [4.69, 9.17) is 21.1 Å². The molecule has 0 aliphatic heterocycles. The van der Waals surface area contributed by atoms with E-state index >= 15 is 0 Å². The zero-order chi connectivity index (χ0) is 28.6. The molecular weight excluding hydrogens is 539 g/mol. The van der Waals surface area contributed by atoms with E-state index in [2.05, 4.69) is 37.4 Å². The number of rotatable bonds is 14. The molecule has 10 nitrogen and oxygen atoms in total. The lowest BCUT2D eigenvalue weighted by Gasteiger charge is -2.18. The number of anilines is 5. The van der Waals surface area contributed by atoms with Crippen LogP contribution in [0.3, 0.4) is 0 Å². The van der Waals surface area contributed by atoms with Gasteiger partial charge in [0.05, 0.1) is 31.3 Å². The number of aliphatic hydroxyl groups is 1. The highest BCUT2D eigenvalue weighted by atomic mass is 35.5. The predicted octanol–water partition coefficient (Wildman–Crippen LogP) is 5.12. The molecule has 0 spiro atoms. The Hall–Kier alpha value is -3.30. The van der Waals surface area contributed by atoms with Crippen molar-refractivity contribution in [3.63, 3.8) is 0 Å². The van der Waals surface area contributed by atoms with Crippen LogP contribution >= 0.6 is 18.7 Å². The van der Waals surface area contributed by atoms with Crippen LogP contribution < -0.4 is 30.7 Å². The first-order valence-electron chi connectivity index (χ1n) is 12.3. The second-order valence-electron chi connectivity index (χ2n) is 9.42. The molecule has 0 aliphatic rings. The van der Waals surface area contributed by atoms with E-state index in [-0.39, 0.29) is 11.0 Å². The molecule has 0 bridgehead atoms. The van der Waals surface area contributed by atoms with Gasteiger partial charge in [0.25, 0.3) is 0 Å². The van der Waals surface area contributed by atoms with Crippen molar-refractivity contribution >= 4 is 52.9 Å². The quantitative estimate of drug-likeness (QED) is 0.0893. The number of aromatic nitrogens is 2. The first kappa shape index (κ1) is 30.2. The number of nitrogens with one attached hydrogen (secondary N) is 3. The summed E-state index contributed by atoms with van der Waals surface area (Å²) in [5.74, 6) is 1.78. The van der Waals surface area contributed by atoms with Crippen molar-refractivity contribution in [2.75, 3.05) is 63.6 Å². The predicted molar refractivity (Wildman–Crippen MR) is 161 cm³/mol. The molecule has 1 aromatic heterocycles. The van der Waals surface area contributed by atoms with Crippen LogP contribution in [0.2, 0.25) is 5.02 Å². The highest BCUT2D eigenvalue weighted by Gasteiger charge is 2.19. The molecule has 39 heavy (non-hydrogen) atoms. The molecule has 210 valence electrons. The minimum Gasteiger partial charge on any atom is -0.495 e. The first-order chi connectivity index (χ1) is 18.5. The van der Waals surface area contributed by atoms with Crippen molar-refractivity contribution in [2.45, 2.75) is 12.6 Å². The van der Waals surface area contributed by atoms with E-state index in [9.17, 15) is 9.67 Å². The molecule has 4 N–H and O–H groups in total. The van der Waals surface area contributed by atoms with Crippen LogP contribution in [0.15, 0.2) is 55.3 Å². The van der Waals surface area contributed by atoms with Gasteiger partial charge in [0.1, 0.15) is 29.9 Å². The van der Waals surface area contributed by atoms with Gasteiger partial charge in [0.2, 0.25) is 5.95 Å². The zero-order valence-corrected chi connectivity index (χ0v) is 24.5. The maximum Gasteiger partial charge on any atom is 0.229 e. The maximum atomic E-state index is 13.2. The summed E-state index contributed by atoms with van der Waals surface area (Å²) in [5.41, 5.74) is 1.81. The highest BCUT2D eigenvalue weighted by Crippen LogP contribution is 2.40. The van der Waals surface area contributed by atoms with Crippen LogP contribution in [0.5, 0.6) is 11.5 Å². The van der Waals surface area contributed by atoms with Crippen molar-refractivity contribution in [2.24, 2.45) is 0 Å². The molecule has 0 saturated heterocycles. The lowest BCUT2D eigenvalue weighted by atomic mass is 10.2. The molecule has 1 heterocycles. The fourth-order valence-electron chi connectivity index (χ4n) is 3.61. The van der Waals surface area contributed by atoms with Crippen LogP contribution in [-0.2, 0) is 4.57 Å². The zero-order valence-electron chi connectivity index (χ0n) is 22.9. The molecule has 3 rings (SSSR count). The molecule has 0 radical (unpaired) electrons. The van der Waals surface area contributed by atoms with E-state index in [0.29, 0.717) is 46.3 Å². The Morgan fingerprint density at radius 3 is 2.62 bits per heavy atom. The molecule has 1 atom stereocenters. The Labute approximate surface area is 234 Å². The molecule has 0 saturated carbocycles. The van der Waals surface area contributed by atoms with Crippen molar-refractivity contribution in [1.29, 1.82) is 0 Å². The van der Waals surface area contributed by atoms with Gasteiger partial charge >= 0.3 is 0 Å². The number of hydrogen-bond acceptors (Lipinski definition) is 10. The molecular formula is C27H36ClN6O4P. The molecule has 12 heteroatoms. The third kappa shape index (κ3) is 8.86. The lowest BCUT2D eigenvalue weighted by Crippen LogP contribution is -2.16. The molecule has 0 amide bonds. The summed E-state index contributed by atoms with van der Waals surface area (Å²) in [6.07, 6.45) is 2.81. The van der Waals surface area contributed by atoms with Gasteiger partial charge < -0.3 is 40.0 Å². The van der Waals surface area contributed by atoms with Crippen LogP contribution in [0.4, 0.5) is 28.8 Å². The van der Waals surface area contributed by atoms with Crippen molar-refractivity contribution < 1.29 is 19.1 Å². The SMILES string of the molecule is C=CC(O)Nc1ccc(OC)c(Nc2ncc(Cl)c(Nc3ccc(OCCCN(C)C)cc3P(C)(C)=O)n2)c1. The van der Waals surface area contributed by atoms with Crippen molar-refractivity contribution in [1.82, 2.24) is 14.9 Å². The third-order valence-corrected chi connectivity index (χ3v) is 7.36. The second kappa shape index (κ2) is 13.7. The van der Waals surface area contributed by atoms with E-state index in [1.165, 1.54) is 12.3 Å². The number of methoxy groups -OCH3 is 1. The normalized spacial score (nSPS) is 12.1. The molecule has 2 aromatic carbocycles. The molecule has 0 fully saturated rings. The maximum absolute atomic E-state index is 13.2. The first-order valence-corrected chi connectivity index (χ1v) is 15.3. The van der Waals surface area contributed by atoms with Gasteiger partial charge in [-0.05, 0) is 76.3 Å². The molecule has 3 aromatic rings. The Bertz CT molecular complexity index is 1330. The van der Waals surface area contributed by atoms with Crippen LogP contribution in [0.25, 0.3) is 0 Å². The van der Waals surface area contributed by atoms with E-state index < -0.39 is 13.4 Å². The lowest BCUT2D eigenvalue weighted by molar-refractivity contribution is 0.253. The largest absolute Gasteiger partial charge is 0.495 e. The van der Waals surface area contributed by atoms with Crippen LogP contribution in [0.1, 0.15) is 6.42 Å². The van der Waals surface area contributed by atoms with Crippen LogP contribution in [0, 0.1) is 0 Å². The van der Waals surface area contributed by atoms with Crippen molar-refractivity contribution in [3.05, 3.63) is 60.3 Å². The van der Waals surface area contributed by atoms with Gasteiger partial charge in [-0.15, -0.1) is 0 Å². The van der Waals surface area contributed by atoms with Crippen molar-refractivity contribution in [3.8, 4) is 11.5 Å². The molecule has 1 unspecified atom stereocenters. The van der Waals surface area contributed by atoms with Gasteiger partial charge in [0.15, 0.2) is 5.82 Å². The number of hydrogen-bond donors (Lipinski definition) is 4. The smallest absolute Gasteiger partial charge is 0.229 e. The fraction of sp³-hybridized carbons (Fsp3) is 0.333. The summed E-state index contributed by atoms with van der Waals surface area (Å²) in [4.78, 5) is 10.9. The average molecular weight is 575 g/mol. The summed E-state index contributed by atoms with van der Waals surface area (Å²) >= 11 is 6.43. The Morgan fingerprint density at radius 1 is 1.18 bits per heavy atom. The monoisotopic (exact) mass is 574 g/mol.